The molecule has 0 spiro atoms. The number of nitrogens with two attached hydrogens (primary N) is 1. The standard InChI is InChI=1S/C20H32O2.C10H17N3O6S/c1-2-3-4-5-6-7-8-9-10-11-12-13-14-15-16-17-18-19-20(21)22;11-5(10(18)19)1-2-7(14)13-6(4-20)9(17)12-3-8(15)16/h6-7,9-10,12-13,15-16H,2-5,8,11,14,17-19H2,1H3,(H,21,22);5-6,20H,1-4,11H2,(H,12,17)(H,13,14)(H,15,16)(H,18,19)/b7-6-,10-9-,13-12-,16-15-;/t;5-,6-/m.0/s1. The van der Waals surface area contributed by atoms with Crippen LogP contribution in [0.2, 0.25) is 0 Å². The first-order valence-corrected chi connectivity index (χ1v) is 14.9. The van der Waals surface area contributed by atoms with Crippen LogP contribution in [-0.2, 0) is 24.0 Å². The third kappa shape index (κ3) is 29.6. The smallest absolute Gasteiger partial charge is 0.322 e. The number of thiol groups is 1. The number of hydrogen-bond acceptors (Lipinski definition) is 7. The molecule has 0 aliphatic heterocycles. The summed E-state index contributed by atoms with van der Waals surface area (Å²) in [6.07, 6.45) is 27.1. The lowest BCUT2D eigenvalue weighted by molar-refractivity contribution is -0.139. The van der Waals surface area contributed by atoms with Gasteiger partial charge in [-0.25, -0.2) is 0 Å². The fourth-order valence-electron chi connectivity index (χ4n) is 3.09. The van der Waals surface area contributed by atoms with Gasteiger partial charge in [-0.1, -0.05) is 68.4 Å². The van der Waals surface area contributed by atoms with Gasteiger partial charge in [0.05, 0.1) is 0 Å². The molecule has 0 bridgehead atoms. The quantitative estimate of drug-likeness (QED) is 0.0507. The van der Waals surface area contributed by atoms with Crippen molar-refractivity contribution in [1.82, 2.24) is 10.6 Å². The number of amides is 2. The molecular formula is C30H49N3O8S. The summed E-state index contributed by atoms with van der Waals surface area (Å²) >= 11 is 3.87. The van der Waals surface area contributed by atoms with Crippen LogP contribution in [0.15, 0.2) is 48.6 Å². The summed E-state index contributed by atoms with van der Waals surface area (Å²) < 4.78 is 0. The van der Waals surface area contributed by atoms with E-state index in [1.807, 2.05) is 0 Å². The van der Waals surface area contributed by atoms with E-state index < -0.39 is 48.4 Å². The Balaban J connectivity index is 0. The highest BCUT2D eigenvalue weighted by molar-refractivity contribution is 7.80. The minimum absolute atomic E-state index is 0.0256. The van der Waals surface area contributed by atoms with Crippen molar-refractivity contribution in [3.63, 3.8) is 0 Å². The number of carboxylic acid groups (broad SMARTS) is 3. The molecule has 0 aliphatic rings. The second-order valence-corrected chi connectivity index (χ2v) is 9.64. The third-order valence-electron chi connectivity index (χ3n) is 5.47. The Morgan fingerprint density at radius 1 is 0.762 bits per heavy atom. The van der Waals surface area contributed by atoms with Crippen LogP contribution < -0.4 is 16.4 Å². The van der Waals surface area contributed by atoms with Gasteiger partial charge in [0.25, 0.3) is 0 Å². The van der Waals surface area contributed by atoms with Crippen molar-refractivity contribution in [1.29, 1.82) is 0 Å². The molecule has 0 fully saturated rings. The van der Waals surface area contributed by atoms with Crippen LogP contribution in [0.1, 0.15) is 84.0 Å². The monoisotopic (exact) mass is 611 g/mol. The summed E-state index contributed by atoms with van der Waals surface area (Å²) in [5.74, 6) is -4.42. The number of nitrogens with one attached hydrogen (secondary N) is 2. The Morgan fingerprint density at radius 2 is 1.29 bits per heavy atom. The molecule has 12 heteroatoms. The number of hydrogen-bond donors (Lipinski definition) is 7. The van der Waals surface area contributed by atoms with Gasteiger partial charge in [0.15, 0.2) is 0 Å². The van der Waals surface area contributed by atoms with E-state index in [4.69, 9.17) is 21.1 Å². The number of carbonyl (C=O) groups excluding carboxylic acids is 2. The van der Waals surface area contributed by atoms with E-state index in [2.05, 4.69) is 78.8 Å². The first-order chi connectivity index (χ1) is 20.0. The summed E-state index contributed by atoms with van der Waals surface area (Å²) in [6, 6.07) is -2.15. The van der Waals surface area contributed by atoms with E-state index in [1.54, 1.807) is 0 Å². The Hall–Kier alpha value is -3.38. The normalized spacial score (nSPS) is 12.7. The first-order valence-electron chi connectivity index (χ1n) is 14.2. The van der Waals surface area contributed by atoms with Gasteiger partial charge in [-0.3, -0.25) is 24.0 Å². The summed E-state index contributed by atoms with van der Waals surface area (Å²) in [5, 5.41) is 29.9. The SMILES string of the molecule is CCCCC/C=C\C/C=C\C/C=C\C/C=C\CCCC(=O)O.N[C@@H](CCC(=O)N[C@@H](CS)C(=O)NCC(=O)O)C(=O)O. The summed E-state index contributed by atoms with van der Waals surface area (Å²) in [5.41, 5.74) is 5.23. The molecule has 2 amide bonds. The molecule has 0 saturated carbocycles. The van der Waals surface area contributed by atoms with Gasteiger partial charge >= 0.3 is 17.9 Å². The van der Waals surface area contributed by atoms with Crippen LogP contribution in [-0.4, -0.2) is 69.4 Å². The molecule has 0 saturated heterocycles. The molecule has 0 heterocycles. The molecule has 238 valence electrons. The largest absolute Gasteiger partial charge is 0.481 e. The number of rotatable bonds is 23. The lowest BCUT2D eigenvalue weighted by atomic mass is 10.1. The van der Waals surface area contributed by atoms with Gasteiger partial charge in [0.2, 0.25) is 11.8 Å². The fourth-order valence-corrected chi connectivity index (χ4v) is 3.35. The van der Waals surface area contributed by atoms with Crippen molar-refractivity contribution in [2.45, 2.75) is 96.1 Å². The van der Waals surface area contributed by atoms with Crippen molar-refractivity contribution < 1.29 is 39.3 Å². The van der Waals surface area contributed by atoms with Crippen molar-refractivity contribution in [3.05, 3.63) is 48.6 Å². The van der Waals surface area contributed by atoms with Gasteiger partial charge in [-0.05, 0) is 51.4 Å². The Morgan fingerprint density at radius 3 is 1.74 bits per heavy atom. The van der Waals surface area contributed by atoms with Gasteiger partial charge in [-0.15, -0.1) is 0 Å². The van der Waals surface area contributed by atoms with E-state index in [0.29, 0.717) is 0 Å². The zero-order chi connectivity index (χ0) is 32.0. The van der Waals surface area contributed by atoms with Gasteiger partial charge in [-0.2, -0.15) is 12.6 Å². The van der Waals surface area contributed by atoms with Crippen molar-refractivity contribution in [3.8, 4) is 0 Å². The van der Waals surface area contributed by atoms with Crippen LogP contribution in [0.4, 0.5) is 0 Å². The zero-order valence-corrected chi connectivity index (χ0v) is 25.5. The predicted molar refractivity (Wildman–Crippen MR) is 167 cm³/mol. The molecule has 0 unspecified atom stereocenters. The molecule has 0 aliphatic carbocycles. The molecule has 0 aromatic heterocycles. The van der Waals surface area contributed by atoms with Crippen LogP contribution in [0.25, 0.3) is 0 Å². The van der Waals surface area contributed by atoms with E-state index in [9.17, 15) is 24.0 Å². The fraction of sp³-hybridized carbons (Fsp3) is 0.567. The van der Waals surface area contributed by atoms with Crippen LogP contribution >= 0.6 is 12.6 Å². The molecule has 0 rings (SSSR count). The minimum atomic E-state index is -1.22. The Labute approximate surface area is 254 Å². The van der Waals surface area contributed by atoms with Gasteiger partial charge in [0, 0.05) is 18.6 Å². The van der Waals surface area contributed by atoms with Crippen molar-refractivity contribution in [2.75, 3.05) is 12.3 Å². The second kappa shape index (κ2) is 29.1. The number of carbonyl (C=O) groups is 5. The van der Waals surface area contributed by atoms with Crippen LogP contribution in [0.5, 0.6) is 0 Å². The zero-order valence-electron chi connectivity index (χ0n) is 24.6. The maximum atomic E-state index is 11.5. The Bertz CT molecular complexity index is 903. The van der Waals surface area contributed by atoms with Crippen LogP contribution in [0.3, 0.4) is 0 Å². The van der Waals surface area contributed by atoms with Crippen molar-refractivity contribution in [2.24, 2.45) is 5.73 Å². The number of carboxylic acids is 3. The molecule has 11 nitrogen and oxygen atoms in total. The average molecular weight is 612 g/mol. The lowest BCUT2D eigenvalue weighted by Gasteiger charge is -2.16. The van der Waals surface area contributed by atoms with Crippen LogP contribution in [0, 0.1) is 0 Å². The summed E-state index contributed by atoms with van der Waals surface area (Å²) in [4.78, 5) is 54.1. The highest BCUT2D eigenvalue weighted by Crippen LogP contribution is 2.01. The molecule has 0 radical (unpaired) electrons. The highest BCUT2D eigenvalue weighted by Gasteiger charge is 2.20. The molecule has 0 aromatic carbocycles. The number of unbranched alkanes of at least 4 members (excludes halogenated alkanes) is 4. The second-order valence-electron chi connectivity index (χ2n) is 9.27. The van der Waals surface area contributed by atoms with Gasteiger partial charge < -0.3 is 31.7 Å². The third-order valence-corrected chi connectivity index (χ3v) is 5.83. The van der Waals surface area contributed by atoms with Gasteiger partial charge in [0.1, 0.15) is 18.6 Å². The maximum absolute atomic E-state index is 11.5. The summed E-state index contributed by atoms with van der Waals surface area (Å²) in [7, 11) is 0. The van der Waals surface area contributed by atoms with E-state index in [0.717, 1.165) is 32.1 Å². The topological polar surface area (TPSA) is 196 Å². The Kier molecular flexibility index (Phi) is 28.3. The molecule has 0 aromatic rings. The molecule has 7 N–H and O–H groups in total. The molecular weight excluding hydrogens is 562 g/mol. The minimum Gasteiger partial charge on any atom is -0.481 e. The number of allylic oxidation sites excluding steroid dienone is 8. The van der Waals surface area contributed by atoms with E-state index >= 15 is 0 Å². The highest BCUT2D eigenvalue weighted by atomic mass is 32.1. The molecule has 42 heavy (non-hydrogen) atoms. The number of aliphatic carboxylic acids is 3. The average Bonchev–Trinajstić information content (AvgIpc) is 2.95. The first kappa shape index (κ1) is 40.8. The predicted octanol–water partition coefficient (Wildman–Crippen LogP) is 4.01. The van der Waals surface area contributed by atoms with Crippen molar-refractivity contribution >= 4 is 42.4 Å². The summed E-state index contributed by atoms with van der Waals surface area (Å²) in [6.45, 7) is 1.66. The van der Waals surface area contributed by atoms with E-state index in [1.165, 1.54) is 25.7 Å². The maximum Gasteiger partial charge on any atom is 0.322 e. The van der Waals surface area contributed by atoms with E-state index in [-0.39, 0.29) is 25.0 Å². The molecule has 2 atom stereocenters. The lowest BCUT2D eigenvalue weighted by Crippen LogP contribution is -2.49.